The number of methoxy groups -OCH3 is 1. The highest BCUT2D eigenvalue weighted by Gasteiger charge is 2.30. The molecule has 0 spiro atoms. The number of aryl methyl sites for hydroxylation is 1. The second-order valence-electron chi connectivity index (χ2n) is 7.46. The molecular formula is C21H21N5O5S2. The highest BCUT2D eigenvalue weighted by molar-refractivity contribution is 7.99. The number of fused-ring (bicyclic) bond motifs is 2. The summed E-state index contributed by atoms with van der Waals surface area (Å²) < 4.78 is 17.9. The summed E-state index contributed by atoms with van der Waals surface area (Å²) in [5, 5.41) is 11.9. The number of thiophene rings is 1. The van der Waals surface area contributed by atoms with E-state index in [0.717, 1.165) is 41.5 Å². The quantitative estimate of drug-likeness (QED) is 0.306. The first-order valence-corrected chi connectivity index (χ1v) is 12.1. The minimum atomic E-state index is -0.517. The van der Waals surface area contributed by atoms with Gasteiger partial charge in [0.05, 0.1) is 18.4 Å². The number of nitrogens with two attached hydrogens (primary N) is 1. The SMILES string of the molecule is COC(=O)c1c(NC(=O)CSc2nnc([C@H]3COc4ccccc4O3)n2N)sc2c1CCC2. The monoisotopic (exact) mass is 487 g/mol. The topological polar surface area (TPSA) is 131 Å². The van der Waals surface area contributed by atoms with Gasteiger partial charge in [-0.05, 0) is 37.0 Å². The fourth-order valence-electron chi connectivity index (χ4n) is 3.86. The number of nitrogen functional groups attached to an aromatic ring is 1. The van der Waals surface area contributed by atoms with Crippen molar-refractivity contribution in [2.75, 3.05) is 30.6 Å². The van der Waals surface area contributed by atoms with E-state index in [4.69, 9.17) is 20.1 Å². The Kier molecular flexibility index (Phi) is 5.85. The second-order valence-corrected chi connectivity index (χ2v) is 9.51. The van der Waals surface area contributed by atoms with Crippen LogP contribution in [-0.2, 0) is 22.4 Å². The van der Waals surface area contributed by atoms with Crippen LogP contribution in [0, 0.1) is 0 Å². The van der Waals surface area contributed by atoms with Crippen molar-refractivity contribution in [3.63, 3.8) is 0 Å². The van der Waals surface area contributed by atoms with Crippen LogP contribution in [0.25, 0.3) is 0 Å². The number of rotatable bonds is 6. The van der Waals surface area contributed by atoms with Crippen molar-refractivity contribution in [2.24, 2.45) is 0 Å². The Balaban J connectivity index is 1.24. The minimum Gasteiger partial charge on any atom is -0.485 e. The summed E-state index contributed by atoms with van der Waals surface area (Å²) in [7, 11) is 1.34. The van der Waals surface area contributed by atoms with Gasteiger partial charge in [0.2, 0.25) is 11.1 Å². The Hall–Kier alpha value is -3.25. The summed E-state index contributed by atoms with van der Waals surface area (Å²) in [6, 6.07) is 7.35. The number of hydrogen-bond acceptors (Lipinski definition) is 10. The lowest BCUT2D eigenvalue weighted by atomic mass is 10.1. The van der Waals surface area contributed by atoms with Crippen LogP contribution in [0.1, 0.15) is 39.1 Å². The maximum atomic E-state index is 12.6. The third-order valence-corrected chi connectivity index (χ3v) is 7.53. The molecule has 1 aliphatic heterocycles. The summed E-state index contributed by atoms with van der Waals surface area (Å²) in [5.74, 6) is 7.17. The van der Waals surface area contributed by atoms with Crippen LogP contribution in [0.4, 0.5) is 5.00 Å². The fourth-order valence-corrected chi connectivity index (χ4v) is 5.81. The number of amides is 1. The molecule has 0 bridgehead atoms. The molecule has 0 saturated heterocycles. The average molecular weight is 488 g/mol. The number of aromatic nitrogens is 3. The van der Waals surface area contributed by atoms with E-state index >= 15 is 0 Å². The number of carbonyl (C=O) groups excluding carboxylic acids is 2. The summed E-state index contributed by atoms with van der Waals surface area (Å²) in [5.41, 5.74) is 1.45. The predicted molar refractivity (Wildman–Crippen MR) is 123 cm³/mol. The van der Waals surface area contributed by atoms with E-state index in [9.17, 15) is 9.59 Å². The van der Waals surface area contributed by atoms with Crippen LogP contribution in [0.5, 0.6) is 11.5 Å². The first-order chi connectivity index (χ1) is 16.0. The standard InChI is InChI=1S/C21H21N5O5S2/c1-29-20(28)17-11-5-4-8-15(11)33-19(17)23-16(27)10-32-21-25-24-18(26(21)22)14-9-30-12-6-2-3-7-13(12)31-14/h2-3,6-7,14H,4-5,8-10,22H2,1H3,(H,23,27)/t14-/m1/s1. The highest BCUT2D eigenvalue weighted by atomic mass is 32.2. The van der Waals surface area contributed by atoms with E-state index < -0.39 is 12.1 Å². The molecule has 33 heavy (non-hydrogen) atoms. The molecule has 1 atom stereocenters. The van der Waals surface area contributed by atoms with Crippen LogP contribution >= 0.6 is 23.1 Å². The number of para-hydroxylation sites is 2. The molecule has 1 aromatic carbocycles. The number of carbonyl (C=O) groups is 2. The lowest BCUT2D eigenvalue weighted by Crippen LogP contribution is -2.27. The maximum absolute atomic E-state index is 12.6. The molecule has 1 aliphatic carbocycles. The molecule has 10 nitrogen and oxygen atoms in total. The zero-order valence-corrected chi connectivity index (χ0v) is 19.3. The van der Waals surface area contributed by atoms with Gasteiger partial charge in [-0.25, -0.2) is 9.47 Å². The van der Waals surface area contributed by atoms with Crippen molar-refractivity contribution in [3.05, 3.63) is 46.1 Å². The predicted octanol–water partition coefficient (Wildman–Crippen LogP) is 2.57. The number of thioether (sulfide) groups is 1. The van der Waals surface area contributed by atoms with E-state index in [1.165, 1.54) is 23.1 Å². The fraction of sp³-hybridized carbons (Fsp3) is 0.333. The zero-order valence-electron chi connectivity index (χ0n) is 17.7. The summed E-state index contributed by atoms with van der Waals surface area (Å²) in [4.78, 5) is 26.0. The summed E-state index contributed by atoms with van der Waals surface area (Å²) in [6.45, 7) is 0.247. The van der Waals surface area contributed by atoms with Crippen molar-refractivity contribution in [3.8, 4) is 11.5 Å². The Morgan fingerprint density at radius 2 is 2.12 bits per heavy atom. The second kappa shape index (κ2) is 8.94. The van der Waals surface area contributed by atoms with Gasteiger partial charge in [0.25, 0.3) is 0 Å². The first-order valence-electron chi connectivity index (χ1n) is 10.3. The largest absolute Gasteiger partial charge is 0.485 e. The van der Waals surface area contributed by atoms with E-state index in [0.29, 0.717) is 33.0 Å². The number of nitrogens with one attached hydrogen (secondary N) is 1. The van der Waals surface area contributed by atoms with Gasteiger partial charge in [0.15, 0.2) is 23.4 Å². The molecule has 3 N–H and O–H groups in total. The molecular weight excluding hydrogens is 466 g/mol. The van der Waals surface area contributed by atoms with Gasteiger partial charge in [-0.15, -0.1) is 21.5 Å². The zero-order chi connectivity index (χ0) is 22.9. The molecule has 0 saturated carbocycles. The van der Waals surface area contributed by atoms with E-state index in [-0.39, 0.29) is 18.3 Å². The van der Waals surface area contributed by atoms with Gasteiger partial charge >= 0.3 is 5.97 Å². The Labute approximate surface area is 197 Å². The van der Waals surface area contributed by atoms with Crippen molar-refractivity contribution in [1.82, 2.24) is 14.9 Å². The minimum absolute atomic E-state index is 0.0450. The van der Waals surface area contributed by atoms with Gasteiger partial charge < -0.3 is 25.4 Å². The van der Waals surface area contributed by atoms with Crippen molar-refractivity contribution < 1.29 is 23.8 Å². The smallest absolute Gasteiger partial charge is 0.341 e. The number of esters is 1. The van der Waals surface area contributed by atoms with Gasteiger partial charge in [0, 0.05) is 4.88 Å². The van der Waals surface area contributed by atoms with Gasteiger partial charge in [-0.1, -0.05) is 23.9 Å². The van der Waals surface area contributed by atoms with E-state index in [2.05, 4.69) is 15.5 Å². The highest BCUT2D eigenvalue weighted by Crippen LogP contribution is 2.40. The number of hydrogen-bond donors (Lipinski definition) is 2. The molecule has 172 valence electrons. The van der Waals surface area contributed by atoms with Crippen molar-refractivity contribution in [1.29, 1.82) is 0 Å². The molecule has 3 aromatic rings. The molecule has 0 fully saturated rings. The molecule has 0 radical (unpaired) electrons. The average Bonchev–Trinajstić information content (AvgIpc) is 3.51. The number of nitrogens with zero attached hydrogens (tertiary/aromatic N) is 3. The van der Waals surface area contributed by atoms with Gasteiger partial charge in [-0.2, -0.15) is 0 Å². The third-order valence-electron chi connectivity index (χ3n) is 5.38. The molecule has 2 aromatic heterocycles. The normalized spacial score (nSPS) is 16.3. The van der Waals surface area contributed by atoms with E-state index in [1.54, 1.807) is 0 Å². The Bertz CT molecular complexity index is 1220. The van der Waals surface area contributed by atoms with E-state index in [1.807, 2.05) is 24.3 Å². The van der Waals surface area contributed by atoms with Crippen LogP contribution < -0.4 is 20.6 Å². The third kappa shape index (κ3) is 4.11. The molecule has 1 amide bonds. The van der Waals surface area contributed by atoms with Crippen LogP contribution in [-0.4, -0.2) is 46.2 Å². The van der Waals surface area contributed by atoms with Crippen molar-refractivity contribution in [2.45, 2.75) is 30.5 Å². The molecule has 3 heterocycles. The number of anilines is 1. The van der Waals surface area contributed by atoms with Gasteiger partial charge in [-0.3, -0.25) is 4.79 Å². The summed E-state index contributed by atoms with van der Waals surface area (Å²) in [6.07, 6.45) is 2.21. The maximum Gasteiger partial charge on any atom is 0.341 e. The number of ether oxygens (including phenoxy) is 3. The lowest BCUT2D eigenvalue weighted by Gasteiger charge is -2.25. The van der Waals surface area contributed by atoms with Crippen LogP contribution in [0.15, 0.2) is 29.4 Å². The molecule has 2 aliphatic rings. The van der Waals surface area contributed by atoms with Crippen LogP contribution in [0.2, 0.25) is 0 Å². The number of benzene rings is 1. The molecule has 12 heteroatoms. The van der Waals surface area contributed by atoms with Crippen molar-refractivity contribution >= 4 is 40.0 Å². The lowest BCUT2D eigenvalue weighted by molar-refractivity contribution is -0.113. The Morgan fingerprint density at radius 3 is 2.94 bits per heavy atom. The molecule has 0 unspecified atom stereocenters. The molecule has 5 rings (SSSR count). The van der Waals surface area contributed by atoms with Gasteiger partial charge in [0.1, 0.15) is 11.6 Å². The Morgan fingerprint density at radius 1 is 1.30 bits per heavy atom. The van der Waals surface area contributed by atoms with Crippen LogP contribution in [0.3, 0.4) is 0 Å². The first kappa shape index (κ1) is 21.6. The summed E-state index contributed by atoms with van der Waals surface area (Å²) >= 11 is 2.57.